The van der Waals surface area contributed by atoms with Crippen molar-refractivity contribution in [3.63, 3.8) is 0 Å². The molecule has 3 heteroatoms. The number of hydrogen-bond acceptors (Lipinski definition) is 2. The fourth-order valence-corrected chi connectivity index (χ4v) is 0.643. The number of esters is 1. The van der Waals surface area contributed by atoms with Gasteiger partial charge in [-0.2, -0.15) is 0 Å². The molecule has 0 bridgehead atoms. The molecule has 0 amide bonds. The van der Waals surface area contributed by atoms with E-state index in [-0.39, 0.29) is 31.6 Å². The summed E-state index contributed by atoms with van der Waals surface area (Å²) in [6.07, 6.45) is 2.58. The summed E-state index contributed by atoms with van der Waals surface area (Å²) in [5.74, 6) is -0.0724. The van der Waals surface area contributed by atoms with E-state index < -0.39 is 0 Å². The molecule has 2 nitrogen and oxygen atoms in total. The SMILES string of the molecule is CCCCC(=O)OC(C)C.[Zn]. The van der Waals surface area contributed by atoms with Crippen LogP contribution >= 0.6 is 0 Å². The Kier molecular flexibility index (Phi) is 10.2. The fraction of sp³-hybridized carbons (Fsp3) is 0.875. The standard InChI is InChI=1S/C8H16O2.Zn/c1-4-5-6-8(9)10-7(2)3;/h7H,4-6H2,1-3H3;. The average Bonchev–Trinajstić information content (AvgIpc) is 1.82. The second kappa shape index (κ2) is 8.19. The van der Waals surface area contributed by atoms with Gasteiger partial charge in [-0.1, -0.05) is 13.3 Å². The van der Waals surface area contributed by atoms with Crippen molar-refractivity contribution in [1.82, 2.24) is 0 Å². The Bertz CT molecular complexity index is 102. The third-order valence-corrected chi connectivity index (χ3v) is 1.10. The molecule has 62 valence electrons. The molecule has 0 aromatic rings. The molecule has 0 N–H and O–H groups in total. The van der Waals surface area contributed by atoms with Crippen molar-refractivity contribution in [3.8, 4) is 0 Å². The number of rotatable bonds is 4. The van der Waals surface area contributed by atoms with Crippen LogP contribution in [-0.2, 0) is 29.0 Å². The summed E-state index contributed by atoms with van der Waals surface area (Å²) < 4.78 is 4.91. The van der Waals surface area contributed by atoms with Crippen LogP contribution < -0.4 is 0 Å². The van der Waals surface area contributed by atoms with Crippen molar-refractivity contribution < 1.29 is 29.0 Å². The summed E-state index contributed by atoms with van der Waals surface area (Å²) in [4.78, 5) is 10.8. The van der Waals surface area contributed by atoms with Crippen LogP contribution in [0.5, 0.6) is 0 Å². The zero-order chi connectivity index (χ0) is 7.98. The summed E-state index contributed by atoms with van der Waals surface area (Å²) in [6, 6.07) is 0. The van der Waals surface area contributed by atoms with Gasteiger partial charge < -0.3 is 4.74 Å². The second-order valence-electron chi connectivity index (χ2n) is 2.64. The van der Waals surface area contributed by atoms with Crippen molar-refractivity contribution >= 4 is 5.97 Å². The Balaban J connectivity index is 0. The van der Waals surface area contributed by atoms with E-state index in [2.05, 4.69) is 6.92 Å². The zero-order valence-corrected chi connectivity index (χ0v) is 10.7. The molecule has 0 aliphatic carbocycles. The van der Waals surface area contributed by atoms with Crippen LogP contribution in [0.3, 0.4) is 0 Å². The van der Waals surface area contributed by atoms with Crippen LogP contribution in [0.4, 0.5) is 0 Å². The first-order valence-electron chi connectivity index (χ1n) is 3.86. The smallest absolute Gasteiger partial charge is 0.306 e. The van der Waals surface area contributed by atoms with Crippen LogP contribution in [0.1, 0.15) is 40.0 Å². The molecule has 11 heavy (non-hydrogen) atoms. The minimum Gasteiger partial charge on any atom is -0.463 e. The van der Waals surface area contributed by atoms with Crippen molar-refractivity contribution in [2.75, 3.05) is 0 Å². The first-order valence-corrected chi connectivity index (χ1v) is 3.86. The van der Waals surface area contributed by atoms with Gasteiger partial charge in [-0.25, -0.2) is 0 Å². The second-order valence-corrected chi connectivity index (χ2v) is 2.64. The number of carbonyl (C=O) groups is 1. The Morgan fingerprint density at radius 1 is 1.45 bits per heavy atom. The van der Waals surface area contributed by atoms with Crippen molar-refractivity contribution in [2.45, 2.75) is 46.1 Å². The van der Waals surface area contributed by atoms with Crippen LogP contribution in [0.2, 0.25) is 0 Å². The summed E-state index contributed by atoms with van der Waals surface area (Å²) in [5.41, 5.74) is 0. The Morgan fingerprint density at radius 3 is 2.36 bits per heavy atom. The van der Waals surface area contributed by atoms with Gasteiger partial charge in [0, 0.05) is 25.9 Å². The molecule has 0 unspecified atom stereocenters. The minimum absolute atomic E-state index is 0. The number of carbonyl (C=O) groups excluding carboxylic acids is 1. The third kappa shape index (κ3) is 10.1. The number of ether oxygens (including phenoxy) is 1. The quantitative estimate of drug-likeness (QED) is 0.524. The maximum Gasteiger partial charge on any atom is 0.306 e. The number of hydrogen-bond donors (Lipinski definition) is 0. The van der Waals surface area contributed by atoms with E-state index in [9.17, 15) is 4.79 Å². The summed E-state index contributed by atoms with van der Waals surface area (Å²) in [6.45, 7) is 5.79. The van der Waals surface area contributed by atoms with Gasteiger partial charge in [0.25, 0.3) is 0 Å². The van der Waals surface area contributed by atoms with E-state index in [1.807, 2.05) is 13.8 Å². The maximum atomic E-state index is 10.8. The minimum atomic E-state index is -0.0724. The van der Waals surface area contributed by atoms with Crippen LogP contribution in [0.15, 0.2) is 0 Å². The molecule has 0 rings (SSSR count). The van der Waals surface area contributed by atoms with Gasteiger partial charge >= 0.3 is 5.97 Å². The molecule has 0 heterocycles. The molecular weight excluding hydrogens is 193 g/mol. The first-order chi connectivity index (χ1) is 4.66. The van der Waals surface area contributed by atoms with Gasteiger partial charge in [0.2, 0.25) is 0 Å². The van der Waals surface area contributed by atoms with Gasteiger partial charge in [-0.3, -0.25) is 4.79 Å². The molecule has 0 aromatic carbocycles. The van der Waals surface area contributed by atoms with Crippen molar-refractivity contribution in [2.24, 2.45) is 0 Å². The molecule has 0 saturated heterocycles. The monoisotopic (exact) mass is 208 g/mol. The van der Waals surface area contributed by atoms with Gasteiger partial charge in [-0.05, 0) is 20.3 Å². The number of unbranched alkanes of at least 4 members (excludes halogenated alkanes) is 1. The van der Waals surface area contributed by atoms with E-state index in [1.54, 1.807) is 0 Å². The largest absolute Gasteiger partial charge is 0.463 e. The van der Waals surface area contributed by atoms with Crippen molar-refractivity contribution in [1.29, 1.82) is 0 Å². The normalized spacial score (nSPS) is 9.09. The first kappa shape index (κ1) is 13.7. The van der Waals surface area contributed by atoms with E-state index in [0.717, 1.165) is 12.8 Å². The van der Waals surface area contributed by atoms with Gasteiger partial charge in [0.1, 0.15) is 0 Å². The summed E-state index contributed by atoms with van der Waals surface area (Å²) in [7, 11) is 0. The molecular formula is C8H16O2Zn. The zero-order valence-electron chi connectivity index (χ0n) is 7.72. The predicted octanol–water partition coefficient (Wildman–Crippen LogP) is 2.13. The molecule has 0 fully saturated rings. The predicted molar refractivity (Wildman–Crippen MR) is 40.8 cm³/mol. The maximum absolute atomic E-state index is 10.8. The van der Waals surface area contributed by atoms with E-state index in [0.29, 0.717) is 6.42 Å². The Hall–Kier alpha value is 0.0934. The molecule has 0 aliphatic rings. The third-order valence-electron chi connectivity index (χ3n) is 1.10. The van der Waals surface area contributed by atoms with Gasteiger partial charge in [0.05, 0.1) is 6.10 Å². The fourth-order valence-electron chi connectivity index (χ4n) is 0.643. The van der Waals surface area contributed by atoms with Crippen molar-refractivity contribution in [3.05, 3.63) is 0 Å². The van der Waals surface area contributed by atoms with E-state index in [4.69, 9.17) is 4.74 Å². The molecule has 0 aromatic heterocycles. The molecule has 0 atom stereocenters. The van der Waals surface area contributed by atoms with Crippen LogP contribution in [-0.4, -0.2) is 12.1 Å². The van der Waals surface area contributed by atoms with E-state index >= 15 is 0 Å². The van der Waals surface area contributed by atoms with Gasteiger partial charge in [-0.15, -0.1) is 0 Å². The Labute approximate surface area is 81.5 Å². The van der Waals surface area contributed by atoms with Crippen LogP contribution in [0.25, 0.3) is 0 Å². The van der Waals surface area contributed by atoms with Crippen LogP contribution in [0, 0.1) is 0 Å². The molecule has 0 aliphatic heterocycles. The van der Waals surface area contributed by atoms with Gasteiger partial charge in [0.15, 0.2) is 0 Å². The Morgan fingerprint density at radius 2 is 2.00 bits per heavy atom. The summed E-state index contributed by atoms with van der Waals surface area (Å²) >= 11 is 0. The topological polar surface area (TPSA) is 26.3 Å². The molecule has 0 spiro atoms. The molecule has 0 saturated carbocycles. The molecule has 0 radical (unpaired) electrons. The van der Waals surface area contributed by atoms with E-state index in [1.165, 1.54) is 0 Å². The summed E-state index contributed by atoms with van der Waals surface area (Å²) in [5, 5.41) is 0. The average molecular weight is 210 g/mol.